The zero-order valence-electron chi connectivity index (χ0n) is 9.85. The number of aryl methyl sites for hydroxylation is 1. The highest BCUT2D eigenvalue weighted by atomic mass is 16.5. The number of piperidine rings is 1. The van der Waals surface area contributed by atoms with Gasteiger partial charge in [-0.15, -0.1) is 0 Å². The third-order valence-electron chi connectivity index (χ3n) is 2.82. The SMILES string of the molecule is Cc1noc(NC2CCN(CC(N)=O)CC2)n1. The maximum Gasteiger partial charge on any atom is 0.321 e. The first kappa shape index (κ1) is 11.8. The zero-order chi connectivity index (χ0) is 12.3. The van der Waals surface area contributed by atoms with Crippen molar-refractivity contribution in [3.05, 3.63) is 5.82 Å². The van der Waals surface area contributed by atoms with E-state index in [1.807, 2.05) is 0 Å². The third kappa shape index (κ3) is 3.42. The van der Waals surface area contributed by atoms with Crippen molar-refractivity contribution in [2.45, 2.75) is 25.8 Å². The van der Waals surface area contributed by atoms with Crippen LogP contribution < -0.4 is 11.1 Å². The number of hydrogen-bond acceptors (Lipinski definition) is 6. The van der Waals surface area contributed by atoms with Crippen LogP contribution in [0.3, 0.4) is 0 Å². The Morgan fingerprint density at radius 1 is 1.59 bits per heavy atom. The molecular formula is C10H17N5O2. The molecule has 0 radical (unpaired) electrons. The standard InChI is InChI=1S/C10H17N5O2/c1-7-12-10(17-14-7)13-8-2-4-15(5-3-8)6-9(11)16/h8H,2-6H2,1H3,(H2,11,16)(H,12,13,14). The van der Waals surface area contributed by atoms with Crippen molar-refractivity contribution in [3.63, 3.8) is 0 Å². The molecule has 1 saturated heterocycles. The number of rotatable bonds is 4. The van der Waals surface area contributed by atoms with Crippen molar-refractivity contribution in [3.8, 4) is 0 Å². The maximum atomic E-state index is 10.8. The summed E-state index contributed by atoms with van der Waals surface area (Å²) in [5.74, 6) is 0.350. The minimum atomic E-state index is -0.274. The van der Waals surface area contributed by atoms with Gasteiger partial charge in [0, 0.05) is 19.1 Å². The quantitative estimate of drug-likeness (QED) is 0.751. The Morgan fingerprint density at radius 3 is 2.82 bits per heavy atom. The van der Waals surface area contributed by atoms with Crippen LogP contribution in [0.25, 0.3) is 0 Å². The molecule has 0 bridgehead atoms. The number of amides is 1. The lowest BCUT2D eigenvalue weighted by Gasteiger charge is -2.30. The number of hydrogen-bond donors (Lipinski definition) is 2. The third-order valence-corrected chi connectivity index (χ3v) is 2.82. The minimum absolute atomic E-state index is 0.274. The molecule has 1 aliphatic rings. The van der Waals surface area contributed by atoms with Crippen LogP contribution in [0.4, 0.5) is 6.01 Å². The largest absolute Gasteiger partial charge is 0.369 e. The van der Waals surface area contributed by atoms with Crippen LogP contribution in [0.1, 0.15) is 18.7 Å². The molecule has 3 N–H and O–H groups in total. The summed E-state index contributed by atoms with van der Waals surface area (Å²) in [5, 5.41) is 6.91. The molecule has 2 heterocycles. The van der Waals surface area contributed by atoms with Gasteiger partial charge in [0.25, 0.3) is 0 Å². The van der Waals surface area contributed by atoms with Gasteiger partial charge < -0.3 is 15.6 Å². The summed E-state index contributed by atoms with van der Waals surface area (Å²) in [6.45, 7) is 3.83. The van der Waals surface area contributed by atoms with Crippen molar-refractivity contribution in [1.29, 1.82) is 0 Å². The van der Waals surface area contributed by atoms with E-state index in [0.717, 1.165) is 25.9 Å². The highest BCUT2D eigenvalue weighted by Gasteiger charge is 2.21. The Kier molecular flexibility index (Phi) is 3.58. The van der Waals surface area contributed by atoms with E-state index >= 15 is 0 Å². The van der Waals surface area contributed by atoms with Gasteiger partial charge in [-0.3, -0.25) is 9.69 Å². The summed E-state index contributed by atoms with van der Waals surface area (Å²) >= 11 is 0. The molecule has 1 aliphatic heterocycles. The lowest BCUT2D eigenvalue weighted by molar-refractivity contribution is -0.119. The van der Waals surface area contributed by atoms with Crippen LogP contribution in [0.2, 0.25) is 0 Å². The molecule has 17 heavy (non-hydrogen) atoms. The summed E-state index contributed by atoms with van der Waals surface area (Å²) in [7, 11) is 0. The molecule has 0 atom stereocenters. The smallest absolute Gasteiger partial charge is 0.321 e. The molecule has 1 aromatic heterocycles. The number of likely N-dealkylation sites (tertiary alicyclic amines) is 1. The summed E-state index contributed by atoms with van der Waals surface area (Å²) in [6, 6.07) is 0.787. The highest BCUT2D eigenvalue weighted by molar-refractivity contribution is 5.75. The first-order valence-electron chi connectivity index (χ1n) is 5.71. The van der Waals surface area contributed by atoms with Crippen molar-refractivity contribution in [1.82, 2.24) is 15.0 Å². The fourth-order valence-corrected chi connectivity index (χ4v) is 1.99. The van der Waals surface area contributed by atoms with Crippen molar-refractivity contribution >= 4 is 11.9 Å². The van der Waals surface area contributed by atoms with Crippen LogP contribution in [-0.4, -0.2) is 46.6 Å². The molecule has 0 unspecified atom stereocenters. The van der Waals surface area contributed by atoms with Crippen LogP contribution in [-0.2, 0) is 4.79 Å². The molecule has 7 nitrogen and oxygen atoms in total. The fraction of sp³-hybridized carbons (Fsp3) is 0.700. The Balaban J connectivity index is 1.77. The van der Waals surface area contributed by atoms with E-state index in [4.69, 9.17) is 10.3 Å². The van der Waals surface area contributed by atoms with Gasteiger partial charge in [0.05, 0.1) is 6.54 Å². The number of carbonyl (C=O) groups excluding carboxylic acids is 1. The fourth-order valence-electron chi connectivity index (χ4n) is 1.99. The molecule has 0 spiro atoms. The van der Waals surface area contributed by atoms with Crippen molar-refractivity contribution in [2.75, 3.05) is 25.0 Å². The highest BCUT2D eigenvalue weighted by Crippen LogP contribution is 2.14. The number of primary amides is 1. The van der Waals surface area contributed by atoms with Crippen LogP contribution >= 0.6 is 0 Å². The maximum absolute atomic E-state index is 10.8. The number of carbonyl (C=O) groups is 1. The van der Waals surface area contributed by atoms with Gasteiger partial charge in [-0.1, -0.05) is 5.16 Å². The second-order valence-corrected chi connectivity index (χ2v) is 4.31. The molecule has 1 aromatic rings. The molecule has 0 aromatic carbocycles. The van der Waals surface area contributed by atoms with E-state index in [9.17, 15) is 4.79 Å². The van der Waals surface area contributed by atoms with Gasteiger partial charge in [0.1, 0.15) is 0 Å². The Bertz CT molecular complexity index is 384. The van der Waals surface area contributed by atoms with Crippen LogP contribution in [0.5, 0.6) is 0 Å². The first-order valence-corrected chi connectivity index (χ1v) is 5.71. The van der Waals surface area contributed by atoms with Gasteiger partial charge >= 0.3 is 6.01 Å². The van der Waals surface area contributed by atoms with Gasteiger partial charge in [-0.25, -0.2) is 0 Å². The molecular weight excluding hydrogens is 222 g/mol. The lowest BCUT2D eigenvalue weighted by Crippen LogP contribution is -2.42. The van der Waals surface area contributed by atoms with E-state index in [1.54, 1.807) is 6.92 Å². The van der Waals surface area contributed by atoms with Crippen LogP contribution in [0.15, 0.2) is 4.52 Å². The molecule has 1 fully saturated rings. The number of aromatic nitrogens is 2. The molecule has 7 heteroatoms. The van der Waals surface area contributed by atoms with Gasteiger partial charge in [0.15, 0.2) is 5.82 Å². The van der Waals surface area contributed by atoms with Gasteiger partial charge in [-0.2, -0.15) is 4.98 Å². The molecule has 1 amide bonds. The summed E-state index contributed by atoms with van der Waals surface area (Å²) < 4.78 is 5.00. The summed E-state index contributed by atoms with van der Waals surface area (Å²) in [6.07, 6.45) is 1.88. The Labute approximate surface area is 99.3 Å². The Morgan fingerprint density at radius 2 is 2.29 bits per heavy atom. The molecule has 94 valence electrons. The first-order chi connectivity index (χ1) is 8.13. The van der Waals surface area contributed by atoms with Crippen molar-refractivity contribution in [2.24, 2.45) is 5.73 Å². The predicted molar refractivity (Wildman–Crippen MR) is 61.3 cm³/mol. The number of nitrogens with zero attached hydrogens (tertiary/aromatic N) is 3. The number of anilines is 1. The topological polar surface area (TPSA) is 97.3 Å². The Hall–Kier alpha value is -1.63. The van der Waals surface area contributed by atoms with Crippen LogP contribution in [0, 0.1) is 6.92 Å². The zero-order valence-corrected chi connectivity index (χ0v) is 9.85. The molecule has 0 saturated carbocycles. The number of nitrogens with one attached hydrogen (secondary N) is 1. The lowest BCUT2D eigenvalue weighted by atomic mass is 10.1. The monoisotopic (exact) mass is 239 g/mol. The van der Waals surface area contributed by atoms with E-state index in [-0.39, 0.29) is 5.91 Å². The molecule has 0 aliphatic carbocycles. The molecule has 2 rings (SSSR count). The summed E-state index contributed by atoms with van der Waals surface area (Å²) in [5.41, 5.74) is 5.15. The van der Waals surface area contributed by atoms with Gasteiger partial charge in [0.2, 0.25) is 5.91 Å². The average Bonchev–Trinajstić information content (AvgIpc) is 2.66. The predicted octanol–water partition coefficient (Wildman–Crippen LogP) is -0.260. The normalized spacial score (nSPS) is 18.2. The second-order valence-electron chi connectivity index (χ2n) is 4.31. The van der Waals surface area contributed by atoms with Gasteiger partial charge in [-0.05, 0) is 19.8 Å². The second kappa shape index (κ2) is 5.13. The average molecular weight is 239 g/mol. The van der Waals surface area contributed by atoms with E-state index < -0.39 is 0 Å². The van der Waals surface area contributed by atoms with E-state index in [0.29, 0.717) is 24.4 Å². The van der Waals surface area contributed by atoms with Crippen molar-refractivity contribution < 1.29 is 9.32 Å². The minimum Gasteiger partial charge on any atom is -0.369 e. The summed E-state index contributed by atoms with van der Waals surface area (Å²) in [4.78, 5) is 16.9. The number of nitrogens with two attached hydrogens (primary N) is 1. The van der Waals surface area contributed by atoms with E-state index in [1.165, 1.54) is 0 Å². The van der Waals surface area contributed by atoms with E-state index in [2.05, 4.69) is 20.4 Å².